The summed E-state index contributed by atoms with van der Waals surface area (Å²) in [6.07, 6.45) is 3.83. The lowest BCUT2D eigenvalue weighted by Gasteiger charge is -2.54. The molecule has 2 heterocycles. The molecule has 0 spiro atoms. The maximum absolute atomic E-state index is 13.2. The van der Waals surface area contributed by atoms with E-state index < -0.39 is 12.8 Å². The number of amides is 1. The molecule has 1 aliphatic heterocycles. The fraction of sp³-hybridized carbons (Fsp3) is 0.826. The van der Waals surface area contributed by atoms with E-state index in [0.29, 0.717) is 24.9 Å². The van der Waals surface area contributed by atoms with Crippen molar-refractivity contribution in [2.24, 2.45) is 23.7 Å². The first-order valence-electron chi connectivity index (χ1n) is 12.3. The van der Waals surface area contributed by atoms with Gasteiger partial charge in [-0.05, 0) is 75.3 Å². The molecule has 1 amide bonds. The van der Waals surface area contributed by atoms with Crippen molar-refractivity contribution in [1.82, 2.24) is 25.3 Å². The van der Waals surface area contributed by atoms with Crippen molar-refractivity contribution in [2.45, 2.75) is 57.3 Å². The van der Waals surface area contributed by atoms with Crippen LogP contribution in [0.1, 0.15) is 48.9 Å². The van der Waals surface area contributed by atoms with E-state index in [1.807, 2.05) is 0 Å². The maximum Gasteiger partial charge on any atom is 0.422 e. The number of rotatable bonds is 7. The molecule has 12 heteroatoms. The number of nitrogens with zero attached hydrogens (tertiary/aromatic N) is 3. The van der Waals surface area contributed by atoms with Gasteiger partial charge in [-0.15, -0.1) is 24.8 Å². The molecule has 5 aliphatic rings. The first-order chi connectivity index (χ1) is 15.9. The summed E-state index contributed by atoms with van der Waals surface area (Å²) in [4.78, 5) is 15.5. The number of carbonyl (C=O) groups excluding carboxylic acids is 1. The number of aromatic nitrogens is 2. The van der Waals surface area contributed by atoms with Crippen LogP contribution in [-0.4, -0.2) is 72.1 Å². The monoisotopic (exact) mass is 541 g/mol. The van der Waals surface area contributed by atoms with Gasteiger partial charge in [-0.1, -0.05) is 0 Å². The average Bonchev–Trinajstić information content (AvgIpc) is 2.97. The number of alkyl halides is 3. The van der Waals surface area contributed by atoms with Gasteiger partial charge < -0.3 is 20.3 Å². The minimum atomic E-state index is -4.49. The molecule has 6 rings (SSSR count). The highest BCUT2D eigenvalue weighted by Gasteiger charge is 2.48. The Hall–Kier alpha value is -1.23. The molecule has 0 aromatic carbocycles. The van der Waals surface area contributed by atoms with Crippen LogP contribution >= 0.6 is 24.8 Å². The standard InChI is InChI=1S/C23H34F3N5O2.2ClH/c24-23(25,26)14-33-22-19(13-28-31(22)7-6-30-4-1-2-27-3-5-30)21(32)29-20-17-9-15-8-16(11-17)12-18(20)10-15;;/h13,15-18,20,27H,1-12,14H2,(H,29,32);2*1H. The van der Waals surface area contributed by atoms with Crippen LogP contribution in [0.5, 0.6) is 5.88 Å². The van der Waals surface area contributed by atoms with Gasteiger partial charge in [0, 0.05) is 25.7 Å². The Morgan fingerprint density at radius 1 is 1.06 bits per heavy atom. The lowest BCUT2D eigenvalue weighted by atomic mass is 9.54. The Balaban J connectivity index is 0.00000171. The van der Waals surface area contributed by atoms with Crippen molar-refractivity contribution in [3.63, 3.8) is 0 Å². The van der Waals surface area contributed by atoms with Crippen LogP contribution in [0, 0.1) is 23.7 Å². The zero-order valence-corrected chi connectivity index (χ0v) is 21.4. The van der Waals surface area contributed by atoms with Gasteiger partial charge >= 0.3 is 6.18 Å². The molecule has 200 valence electrons. The van der Waals surface area contributed by atoms with E-state index in [1.165, 1.54) is 17.3 Å². The van der Waals surface area contributed by atoms with Crippen molar-refractivity contribution >= 4 is 30.7 Å². The van der Waals surface area contributed by atoms with Gasteiger partial charge in [0.15, 0.2) is 6.61 Å². The van der Waals surface area contributed by atoms with Crippen molar-refractivity contribution in [2.75, 3.05) is 39.3 Å². The number of hydrogen-bond donors (Lipinski definition) is 2. The van der Waals surface area contributed by atoms with Crippen LogP contribution in [-0.2, 0) is 6.54 Å². The molecule has 0 unspecified atom stereocenters. The van der Waals surface area contributed by atoms with Crippen LogP contribution in [0.2, 0.25) is 0 Å². The van der Waals surface area contributed by atoms with E-state index in [4.69, 9.17) is 4.74 Å². The summed E-state index contributed by atoms with van der Waals surface area (Å²) in [6.45, 7) is 3.22. The topological polar surface area (TPSA) is 71.4 Å². The van der Waals surface area contributed by atoms with E-state index in [1.54, 1.807) is 0 Å². The Morgan fingerprint density at radius 3 is 2.40 bits per heavy atom. The Labute approximate surface area is 216 Å². The van der Waals surface area contributed by atoms with Gasteiger partial charge in [-0.2, -0.15) is 18.3 Å². The van der Waals surface area contributed by atoms with Gasteiger partial charge in [0.2, 0.25) is 5.88 Å². The predicted octanol–water partition coefficient (Wildman–Crippen LogP) is 3.52. The molecule has 1 aromatic heterocycles. The van der Waals surface area contributed by atoms with Crippen LogP contribution in [0.3, 0.4) is 0 Å². The minimum Gasteiger partial charge on any atom is -0.468 e. The number of carbonyl (C=O) groups is 1. The lowest BCUT2D eigenvalue weighted by molar-refractivity contribution is -0.154. The molecule has 4 aliphatic carbocycles. The summed E-state index contributed by atoms with van der Waals surface area (Å²) in [6, 6.07) is 0.105. The normalized spacial score (nSPS) is 30.2. The molecule has 1 saturated heterocycles. The van der Waals surface area contributed by atoms with E-state index in [2.05, 4.69) is 20.6 Å². The Bertz CT molecular complexity index is 818. The second-order valence-corrected chi connectivity index (χ2v) is 10.4. The highest BCUT2D eigenvalue weighted by Crippen LogP contribution is 2.53. The fourth-order valence-electron chi connectivity index (χ4n) is 6.74. The summed E-state index contributed by atoms with van der Waals surface area (Å²) in [7, 11) is 0. The maximum atomic E-state index is 13.2. The van der Waals surface area contributed by atoms with Gasteiger partial charge in [-0.25, -0.2) is 4.68 Å². The first kappa shape index (κ1) is 28.3. The van der Waals surface area contributed by atoms with E-state index in [9.17, 15) is 18.0 Å². The highest BCUT2D eigenvalue weighted by atomic mass is 35.5. The summed E-state index contributed by atoms with van der Waals surface area (Å²) in [5.41, 5.74) is 0.102. The van der Waals surface area contributed by atoms with Crippen LogP contribution in [0.25, 0.3) is 0 Å². The SMILES string of the molecule is Cl.Cl.O=C(NC1C2CC3CC(C2)CC1C3)c1cnn(CCN2CCCNCC2)c1OCC(F)(F)F. The quantitative estimate of drug-likeness (QED) is 0.552. The second kappa shape index (κ2) is 11.9. The molecule has 35 heavy (non-hydrogen) atoms. The molecular formula is C23H36Cl2F3N5O2. The molecule has 4 bridgehead atoms. The average molecular weight is 542 g/mol. The first-order valence-corrected chi connectivity index (χ1v) is 12.3. The van der Waals surface area contributed by atoms with Crippen LogP contribution in [0.15, 0.2) is 6.20 Å². The second-order valence-electron chi connectivity index (χ2n) is 10.4. The van der Waals surface area contributed by atoms with Crippen LogP contribution in [0.4, 0.5) is 13.2 Å². The van der Waals surface area contributed by atoms with Gasteiger partial charge in [0.25, 0.3) is 5.91 Å². The molecule has 4 saturated carbocycles. The lowest BCUT2D eigenvalue weighted by Crippen LogP contribution is -2.55. The summed E-state index contributed by atoms with van der Waals surface area (Å²) < 4.78 is 45.4. The highest BCUT2D eigenvalue weighted by molar-refractivity contribution is 5.96. The molecule has 0 radical (unpaired) electrons. The third kappa shape index (κ3) is 6.76. The molecule has 2 N–H and O–H groups in total. The van der Waals surface area contributed by atoms with Crippen molar-refractivity contribution < 1.29 is 22.7 Å². The zero-order chi connectivity index (χ0) is 23.0. The largest absolute Gasteiger partial charge is 0.468 e. The van der Waals surface area contributed by atoms with Crippen LogP contribution < -0.4 is 15.4 Å². The Morgan fingerprint density at radius 2 is 1.74 bits per heavy atom. The van der Waals surface area contributed by atoms with E-state index >= 15 is 0 Å². The van der Waals surface area contributed by atoms with Gasteiger partial charge in [0.05, 0.1) is 12.7 Å². The third-order valence-electron chi connectivity index (χ3n) is 7.99. The smallest absolute Gasteiger partial charge is 0.422 e. The third-order valence-corrected chi connectivity index (χ3v) is 7.99. The zero-order valence-electron chi connectivity index (χ0n) is 19.8. The fourth-order valence-corrected chi connectivity index (χ4v) is 6.74. The molecule has 7 nitrogen and oxygen atoms in total. The number of ether oxygens (including phenoxy) is 1. The number of hydrogen-bond acceptors (Lipinski definition) is 5. The van der Waals surface area contributed by atoms with Gasteiger partial charge in [0.1, 0.15) is 5.56 Å². The molecule has 5 fully saturated rings. The Kier molecular flexibility index (Phi) is 9.62. The predicted molar refractivity (Wildman–Crippen MR) is 130 cm³/mol. The minimum absolute atomic E-state index is 0. The number of halogens is 5. The molecule has 1 aromatic rings. The van der Waals surface area contributed by atoms with Crippen molar-refractivity contribution in [1.29, 1.82) is 0 Å². The summed E-state index contributed by atoms with van der Waals surface area (Å²) in [5, 5.41) is 10.8. The summed E-state index contributed by atoms with van der Waals surface area (Å²) >= 11 is 0. The van der Waals surface area contributed by atoms with Gasteiger partial charge in [-0.3, -0.25) is 4.79 Å². The molecule has 0 atom stereocenters. The van der Waals surface area contributed by atoms with E-state index in [0.717, 1.165) is 70.1 Å². The van der Waals surface area contributed by atoms with Crippen molar-refractivity contribution in [3.8, 4) is 5.88 Å². The molecular weight excluding hydrogens is 506 g/mol. The van der Waals surface area contributed by atoms with E-state index in [-0.39, 0.29) is 48.2 Å². The van der Waals surface area contributed by atoms with Crippen molar-refractivity contribution in [3.05, 3.63) is 11.8 Å². The summed E-state index contributed by atoms with van der Waals surface area (Å²) in [5.74, 6) is 2.08. The number of nitrogens with one attached hydrogen (secondary N) is 2.